The third-order valence-electron chi connectivity index (χ3n) is 5.06. The molecule has 0 radical (unpaired) electrons. The molecule has 0 bridgehead atoms. The molecule has 138 valence electrons. The number of ether oxygens (including phenoxy) is 2. The lowest BCUT2D eigenvalue weighted by atomic mass is 9.88. The van der Waals surface area contributed by atoms with Crippen LogP contribution < -0.4 is 10.5 Å². The molecule has 1 aromatic carbocycles. The number of benzene rings is 1. The first-order valence-corrected chi connectivity index (χ1v) is 9.17. The van der Waals surface area contributed by atoms with Crippen LogP contribution in [0, 0.1) is 0 Å². The van der Waals surface area contributed by atoms with Crippen molar-refractivity contribution in [1.29, 1.82) is 0 Å². The molecule has 0 spiro atoms. The molecule has 0 aromatic heterocycles. The Bertz CT molecular complexity index is 681. The molecule has 25 heavy (non-hydrogen) atoms. The smallest absolute Gasteiger partial charge is 0.308 e. The van der Waals surface area contributed by atoms with Gasteiger partial charge in [0, 0.05) is 29.7 Å². The maximum atomic E-state index is 11.6. The van der Waals surface area contributed by atoms with E-state index in [0.29, 0.717) is 12.8 Å². The van der Waals surface area contributed by atoms with E-state index in [2.05, 4.69) is 27.7 Å². The van der Waals surface area contributed by atoms with Gasteiger partial charge in [-0.3, -0.25) is 4.79 Å². The van der Waals surface area contributed by atoms with E-state index >= 15 is 0 Å². The molecule has 5 nitrogen and oxygen atoms in total. The lowest BCUT2D eigenvalue weighted by Gasteiger charge is -2.27. The van der Waals surface area contributed by atoms with Crippen molar-refractivity contribution in [2.45, 2.75) is 83.5 Å². The minimum atomic E-state index is -0.599. The molecule has 3 N–H and O–H groups in total. The quantitative estimate of drug-likeness (QED) is 0.646. The van der Waals surface area contributed by atoms with E-state index in [1.54, 1.807) is 0 Å². The lowest BCUT2D eigenvalue weighted by molar-refractivity contribution is -0.160. The van der Waals surface area contributed by atoms with Crippen LogP contribution in [0.25, 0.3) is 0 Å². The molecular formula is C20H29NO4. The number of carbonyl (C=O) groups excluding carboxylic acids is 1. The normalized spacial score (nSPS) is 24.8. The molecule has 0 aliphatic carbocycles. The van der Waals surface area contributed by atoms with Gasteiger partial charge in [-0.1, -0.05) is 13.8 Å². The number of fused-ring (bicyclic) bond motifs is 1. The summed E-state index contributed by atoms with van der Waals surface area (Å²) >= 11 is 0. The molecule has 2 aliphatic rings. The highest BCUT2D eigenvalue weighted by molar-refractivity contribution is 5.71. The van der Waals surface area contributed by atoms with Crippen molar-refractivity contribution in [2.75, 3.05) is 5.73 Å². The monoisotopic (exact) mass is 347 g/mol. The van der Waals surface area contributed by atoms with Gasteiger partial charge in [0.15, 0.2) is 0 Å². The number of aliphatic hydroxyl groups is 1. The van der Waals surface area contributed by atoms with Crippen LogP contribution in [0.1, 0.15) is 69.6 Å². The van der Waals surface area contributed by atoms with Crippen LogP contribution in [0.3, 0.4) is 0 Å². The summed E-state index contributed by atoms with van der Waals surface area (Å²) in [5.74, 6) is 0.917. The lowest BCUT2D eigenvalue weighted by Crippen LogP contribution is -2.32. The van der Waals surface area contributed by atoms with E-state index in [9.17, 15) is 9.90 Å². The average molecular weight is 347 g/mol. The fourth-order valence-electron chi connectivity index (χ4n) is 4.12. The third kappa shape index (κ3) is 3.76. The van der Waals surface area contributed by atoms with E-state index in [-0.39, 0.29) is 30.0 Å². The number of anilines is 1. The molecule has 3 rings (SSSR count). The minimum Gasteiger partial charge on any atom is -0.487 e. The topological polar surface area (TPSA) is 81.8 Å². The fourth-order valence-corrected chi connectivity index (χ4v) is 4.12. The van der Waals surface area contributed by atoms with Gasteiger partial charge in [-0.15, -0.1) is 0 Å². The number of nitrogen functional groups attached to an aromatic ring is 1. The maximum Gasteiger partial charge on any atom is 0.308 e. The zero-order valence-corrected chi connectivity index (χ0v) is 15.6. The largest absolute Gasteiger partial charge is 0.487 e. The Kier molecular flexibility index (Phi) is 4.71. The van der Waals surface area contributed by atoms with E-state index < -0.39 is 6.10 Å². The summed E-state index contributed by atoms with van der Waals surface area (Å²) in [7, 11) is 0. The van der Waals surface area contributed by atoms with Crippen LogP contribution in [0.4, 0.5) is 5.69 Å². The van der Waals surface area contributed by atoms with Crippen LogP contribution in [-0.4, -0.2) is 28.9 Å². The highest BCUT2D eigenvalue weighted by Crippen LogP contribution is 2.44. The molecule has 0 saturated carbocycles. The Balaban J connectivity index is 1.88. The Hall–Kier alpha value is -1.75. The van der Waals surface area contributed by atoms with Crippen molar-refractivity contribution in [3.05, 3.63) is 22.8 Å². The third-order valence-corrected chi connectivity index (χ3v) is 5.06. The van der Waals surface area contributed by atoms with Crippen molar-refractivity contribution in [2.24, 2.45) is 0 Å². The average Bonchev–Trinajstić information content (AvgIpc) is 2.76. The number of carbonyl (C=O) groups is 1. The SMILES string of the molecule is CC(C)c1c(N)cc2c(c1CCC1CC(O)CC(=O)O1)OC(C)(C)C2. The number of rotatable bonds is 4. The Morgan fingerprint density at radius 2 is 2.12 bits per heavy atom. The molecule has 5 heteroatoms. The molecule has 1 saturated heterocycles. The fraction of sp³-hybridized carbons (Fsp3) is 0.650. The molecule has 2 atom stereocenters. The molecule has 1 aromatic rings. The van der Waals surface area contributed by atoms with Crippen molar-refractivity contribution < 1.29 is 19.4 Å². The predicted molar refractivity (Wildman–Crippen MR) is 96.8 cm³/mol. The first-order chi connectivity index (χ1) is 11.7. The summed E-state index contributed by atoms with van der Waals surface area (Å²) in [6, 6.07) is 2.05. The van der Waals surface area contributed by atoms with Gasteiger partial charge in [0.05, 0.1) is 12.5 Å². The van der Waals surface area contributed by atoms with Gasteiger partial charge in [0.1, 0.15) is 17.5 Å². The molecule has 0 amide bonds. The number of cyclic esters (lactones) is 1. The second-order valence-corrected chi connectivity index (χ2v) is 8.28. The standard InChI is InChI=1S/C20H29NO4/c1-11(2)18-15(6-5-14-8-13(22)9-17(23)24-14)19-12(7-16(18)21)10-20(3,4)25-19/h7,11,13-14,22H,5-6,8-10,21H2,1-4H3. The summed E-state index contributed by atoms with van der Waals surface area (Å²) in [4.78, 5) is 11.6. The first-order valence-electron chi connectivity index (χ1n) is 9.17. The number of esters is 1. The minimum absolute atomic E-state index is 0.0960. The number of aliphatic hydroxyl groups excluding tert-OH is 1. The first kappa shape index (κ1) is 18.1. The van der Waals surface area contributed by atoms with E-state index in [0.717, 1.165) is 41.0 Å². The second kappa shape index (κ2) is 6.52. The number of nitrogens with two attached hydrogens (primary N) is 1. The summed E-state index contributed by atoms with van der Waals surface area (Å²) in [6.45, 7) is 8.43. The van der Waals surface area contributed by atoms with Crippen LogP contribution >= 0.6 is 0 Å². The van der Waals surface area contributed by atoms with Gasteiger partial charge in [0.25, 0.3) is 0 Å². The van der Waals surface area contributed by atoms with Gasteiger partial charge in [0.2, 0.25) is 0 Å². The summed E-state index contributed by atoms with van der Waals surface area (Å²) in [6.07, 6.45) is 1.98. The molecule has 1 fully saturated rings. The zero-order chi connectivity index (χ0) is 18.4. The zero-order valence-electron chi connectivity index (χ0n) is 15.6. The second-order valence-electron chi connectivity index (χ2n) is 8.28. The summed E-state index contributed by atoms with van der Waals surface area (Å²) in [5, 5.41) is 9.81. The Morgan fingerprint density at radius 3 is 2.76 bits per heavy atom. The van der Waals surface area contributed by atoms with Crippen LogP contribution in [-0.2, 0) is 22.4 Å². The van der Waals surface area contributed by atoms with Gasteiger partial charge in [-0.25, -0.2) is 0 Å². The molecule has 2 heterocycles. The highest BCUT2D eigenvalue weighted by atomic mass is 16.5. The van der Waals surface area contributed by atoms with Crippen LogP contribution in [0.5, 0.6) is 5.75 Å². The van der Waals surface area contributed by atoms with Crippen molar-refractivity contribution in [3.63, 3.8) is 0 Å². The number of hydrogen-bond donors (Lipinski definition) is 2. The van der Waals surface area contributed by atoms with E-state index in [1.807, 2.05) is 6.07 Å². The highest BCUT2D eigenvalue weighted by Gasteiger charge is 2.35. The van der Waals surface area contributed by atoms with Crippen molar-refractivity contribution >= 4 is 11.7 Å². The van der Waals surface area contributed by atoms with Crippen molar-refractivity contribution in [3.8, 4) is 5.75 Å². The van der Waals surface area contributed by atoms with Crippen LogP contribution in [0.2, 0.25) is 0 Å². The van der Waals surface area contributed by atoms with Gasteiger partial charge in [-0.05, 0) is 44.2 Å². The van der Waals surface area contributed by atoms with E-state index in [4.69, 9.17) is 15.2 Å². The molecule has 2 aliphatic heterocycles. The van der Waals surface area contributed by atoms with Crippen molar-refractivity contribution in [1.82, 2.24) is 0 Å². The van der Waals surface area contributed by atoms with Gasteiger partial charge < -0.3 is 20.3 Å². The van der Waals surface area contributed by atoms with Gasteiger partial charge >= 0.3 is 5.97 Å². The summed E-state index contributed by atoms with van der Waals surface area (Å²) in [5.41, 5.74) is 10.3. The van der Waals surface area contributed by atoms with Crippen LogP contribution in [0.15, 0.2) is 6.07 Å². The Labute approximate surface area is 149 Å². The molecular weight excluding hydrogens is 318 g/mol. The van der Waals surface area contributed by atoms with Gasteiger partial charge in [-0.2, -0.15) is 0 Å². The number of hydrogen-bond acceptors (Lipinski definition) is 5. The Morgan fingerprint density at radius 1 is 1.40 bits per heavy atom. The van der Waals surface area contributed by atoms with E-state index in [1.165, 1.54) is 0 Å². The molecule has 2 unspecified atom stereocenters. The maximum absolute atomic E-state index is 11.6. The summed E-state index contributed by atoms with van der Waals surface area (Å²) < 4.78 is 11.6. The predicted octanol–water partition coefficient (Wildman–Crippen LogP) is 3.10.